The number of aliphatic hydroxyl groups is 1. The molecule has 0 saturated carbocycles. The highest BCUT2D eigenvalue weighted by molar-refractivity contribution is 5.10. The summed E-state index contributed by atoms with van der Waals surface area (Å²) < 4.78 is 37.1. The highest BCUT2D eigenvalue weighted by Gasteiger charge is 2.54. The standard InChI is InChI=1S/C7H9F3N2O/c1-2-6(13,7(8,9)10)5-3-11-4-12-5/h3-4,13H,2H2,1H3,(H,11,12)/t6-/m0/s1. The highest BCUT2D eigenvalue weighted by Crippen LogP contribution is 2.40. The molecule has 0 amide bonds. The summed E-state index contributed by atoms with van der Waals surface area (Å²) in [5.41, 5.74) is -3.15. The van der Waals surface area contributed by atoms with Crippen LogP contribution in [0.15, 0.2) is 12.5 Å². The molecule has 0 aliphatic rings. The fourth-order valence-electron chi connectivity index (χ4n) is 1.03. The van der Waals surface area contributed by atoms with Gasteiger partial charge in [0.1, 0.15) is 0 Å². The number of nitrogens with one attached hydrogen (secondary N) is 1. The minimum absolute atomic E-state index is 0.331. The van der Waals surface area contributed by atoms with Crippen LogP contribution in [0.5, 0.6) is 0 Å². The number of halogens is 3. The fraction of sp³-hybridized carbons (Fsp3) is 0.571. The molecule has 74 valence electrons. The van der Waals surface area contributed by atoms with Crippen molar-refractivity contribution in [1.82, 2.24) is 9.97 Å². The van der Waals surface area contributed by atoms with Gasteiger partial charge in [-0.1, -0.05) is 6.92 Å². The number of H-pyrrole nitrogens is 1. The summed E-state index contributed by atoms with van der Waals surface area (Å²) in [5.74, 6) is 0. The van der Waals surface area contributed by atoms with E-state index >= 15 is 0 Å². The van der Waals surface area contributed by atoms with Crippen LogP contribution < -0.4 is 0 Å². The molecule has 0 spiro atoms. The summed E-state index contributed by atoms with van der Waals surface area (Å²) >= 11 is 0. The zero-order chi connectivity index (χ0) is 10.1. The number of hydrogen-bond acceptors (Lipinski definition) is 2. The van der Waals surface area contributed by atoms with Crippen LogP contribution in [0.25, 0.3) is 0 Å². The van der Waals surface area contributed by atoms with E-state index in [1.807, 2.05) is 0 Å². The first-order valence-electron chi connectivity index (χ1n) is 3.69. The molecular weight excluding hydrogens is 185 g/mol. The van der Waals surface area contributed by atoms with Crippen molar-refractivity contribution in [3.05, 3.63) is 18.2 Å². The number of nitrogens with zero attached hydrogens (tertiary/aromatic N) is 1. The molecule has 1 rings (SSSR count). The van der Waals surface area contributed by atoms with Crippen molar-refractivity contribution >= 4 is 0 Å². The second kappa shape index (κ2) is 3.02. The van der Waals surface area contributed by atoms with E-state index in [0.717, 1.165) is 12.5 Å². The molecule has 1 heterocycles. The molecule has 0 bridgehead atoms. The second-order valence-corrected chi connectivity index (χ2v) is 2.68. The van der Waals surface area contributed by atoms with Gasteiger partial charge in [0.05, 0.1) is 18.2 Å². The van der Waals surface area contributed by atoms with Gasteiger partial charge in [0.25, 0.3) is 0 Å². The van der Waals surface area contributed by atoms with Gasteiger partial charge in [-0.3, -0.25) is 0 Å². The molecule has 3 nitrogen and oxygen atoms in total. The average molecular weight is 194 g/mol. The Bertz CT molecular complexity index is 270. The number of hydrogen-bond donors (Lipinski definition) is 2. The van der Waals surface area contributed by atoms with E-state index in [4.69, 9.17) is 0 Å². The smallest absolute Gasteiger partial charge is 0.375 e. The second-order valence-electron chi connectivity index (χ2n) is 2.68. The first-order chi connectivity index (χ1) is 5.92. The molecule has 2 N–H and O–H groups in total. The number of rotatable bonds is 2. The summed E-state index contributed by atoms with van der Waals surface area (Å²) in [5, 5.41) is 9.32. The summed E-state index contributed by atoms with van der Waals surface area (Å²) in [7, 11) is 0. The Morgan fingerprint density at radius 2 is 2.15 bits per heavy atom. The van der Waals surface area contributed by atoms with Crippen LogP contribution >= 0.6 is 0 Å². The number of imidazole rings is 1. The maximum absolute atomic E-state index is 12.4. The maximum atomic E-state index is 12.4. The lowest BCUT2D eigenvalue weighted by molar-refractivity contribution is -0.269. The molecule has 0 aliphatic carbocycles. The predicted octanol–water partition coefficient (Wildman–Crippen LogP) is 1.57. The summed E-state index contributed by atoms with van der Waals surface area (Å²) in [6.45, 7) is 1.26. The molecule has 1 aromatic heterocycles. The number of aromatic nitrogens is 2. The Morgan fingerprint density at radius 3 is 2.46 bits per heavy atom. The van der Waals surface area contributed by atoms with Gasteiger partial charge in [-0.05, 0) is 6.42 Å². The van der Waals surface area contributed by atoms with Crippen LogP contribution in [0.2, 0.25) is 0 Å². The van der Waals surface area contributed by atoms with E-state index in [1.54, 1.807) is 0 Å². The fourth-order valence-corrected chi connectivity index (χ4v) is 1.03. The topological polar surface area (TPSA) is 48.9 Å². The average Bonchev–Trinajstić information content (AvgIpc) is 2.52. The van der Waals surface area contributed by atoms with E-state index in [0.29, 0.717) is 0 Å². The van der Waals surface area contributed by atoms with Crippen LogP contribution in [0.3, 0.4) is 0 Å². The Labute approximate surface area is 72.6 Å². The van der Waals surface area contributed by atoms with Crippen LogP contribution in [0, 0.1) is 0 Å². The Hall–Kier alpha value is -1.04. The van der Waals surface area contributed by atoms with E-state index in [2.05, 4.69) is 9.97 Å². The minimum atomic E-state index is -4.69. The third kappa shape index (κ3) is 1.53. The number of alkyl halides is 3. The van der Waals surface area contributed by atoms with Crippen molar-refractivity contribution in [2.24, 2.45) is 0 Å². The Balaban J connectivity index is 3.09. The Kier molecular flexibility index (Phi) is 2.34. The van der Waals surface area contributed by atoms with Gasteiger partial charge in [-0.25, -0.2) is 4.98 Å². The zero-order valence-corrected chi connectivity index (χ0v) is 6.89. The molecule has 6 heteroatoms. The van der Waals surface area contributed by atoms with Crippen LogP contribution in [0.1, 0.15) is 19.0 Å². The lowest BCUT2D eigenvalue weighted by atomic mass is 9.97. The van der Waals surface area contributed by atoms with Gasteiger partial charge in [-0.2, -0.15) is 13.2 Å². The quantitative estimate of drug-likeness (QED) is 0.750. The zero-order valence-electron chi connectivity index (χ0n) is 6.89. The lowest BCUT2D eigenvalue weighted by Crippen LogP contribution is -2.41. The predicted molar refractivity (Wildman–Crippen MR) is 38.8 cm³/mol. The molecule has 0 aromatic carbocycles. The Morgan fingerprint density at radius 1 is 1.54 bits per heavy atom. The molecular formula is C7H9F3N2O. The SMILES string of the molecule is CC[C@](O)(c1cnc[nH]1)C(F)(F)F. The first kappa shape index (κ1) is 10.0. The molecule has 1 aromatic rings. The molecule has 0 saturated heterocycles. The van der Waals surface area contributed by atoms with E-state index in [-0.39, 0.29) is 5.69 Å². The van der Waals surface area contributed by atoms with Crippen molar-refractivity contribution in [2.45, 2.75) is 25.1 Å². The normalized spacial score (nSPS) is 17.0. The van der Waals surface area contributed by atoms with Crippen molar-refractivity contribution in [3.8, 4) is 0 Å². The molecule has 13 heavy (non-hydrogen) atoms. The summed E-state index contributed by atoms with van der Waals surface area (Å²) in [6, 6.07) is 0. The lowest BCUT2D eigenvalue weighted by Gasteiger charge is -2.27. The van der Waals surface area contributed by atoms with Crippen molar-refractivity contribution in [2.75, 3.05) is 0 Å². The largest absolute Gasteiger partial charge is 0.422 e. The maximum Gasteiger partial charge on any atom is 0.422 e. The molecule has 0 unspecified atom stereocenters. The van der Waals surface area contributed by atoms with Crippen LogP contribution in [-0.4, -0.2) is 21.3 Å². The molecule has 0 aliphatic heterocycles. The van der Waals surface area contributed by atoms with Crippen LogP contribution in [0.4, 0.5) is 13.2 Å². The van der Waals surface area contributed by atoms with Gasteiger partial charge in [0, 0.05) is 0 Å². The first-order valence-corrected chi connectivity index (χ1v) is 3.69. The summed E-state index contributed by atoms with van der Waals surface area (Å²) in [4.78, 5) is 5.69. The van der Waals surface area contributed by atoms with Gasteiger partial charge in [-0.15, -0.1) is 0 Å². The van der Waals surface area contributed by atoms with Gasteiger partial charge < -0.3 is 10.1 Å². The van der Waals surface area contributed by atoms with Crippen LogP contribution in [-0.2, 0) is 5.60 Å². The van der Waals surface area contributed by atoms with E-state index in [9.17, 15) is 18.3 Å². The highest BCUT2D eigenvalue weighted by atomic mass is 19.4. The monoisotopic (exact) mass is 194 g/mol. The molecule has 0 radical (unpaired) electrons. The van der Waals surface area contributed by atoms with Gasteiger partial charge in [0.2, 0.25) is 5.60 Å². The third-order valence-corrected chi connectivity index (χ3v) is 1.92. The van der Waals surface area contributed by atoms with Crippen molar-refractivity contribution < 1.29 is 18.3 Å². The third-order valence-electron chi connectivity index (χ3n) is 1.92. The van der Waals surface area contributed by atoms with Crippen molar-refractivity contribution in [1.29, 1.82) is 0 Å². The van der Waals surface area contributed by atoms with Gasteiger partial charge >= 0.3 is 6.18 Å². The summed E-state index contributed by atoms with van der Waals surface area (Å²) in [6.07, 6.45) is -3.06. The van der Waals surface area contributed by atoms with E-state index in [1.165, 1.54) is 6.92 Å². The number of aromatic amines is 1. The molecule has 1 atom stereocenters. The molecule has 0 fully saturated rings. The van der Waals surface area contributed by atoms with E-state index < -0.39 is 18.2 Å². The minimum Gasteiger partial charge on any atom is -0.375 e. The van der Waals surface area contributed by atoms with Crippen molar-refractivity contribution in [3.63, 3.8) is 0 Å². The van der Waals surface area contributed by atoms with Gasteiger partial charge in [0.15, 0.2) is 0 Å².